The second-order valence-electron chi connectivity index (χ2n) is 11.8. The van der Waals surface area contributed by atoms with Crippen LogP contribution < -0.4 is 0 Å². The summed E-state index contributed by atoms with van der Waals surface area (Å²) in [4.78, 5) is 14.6. The maximum absolute atomic E-state index is 5.38. The highest BCUT2D eigenvalue weighted by atomic mass is 32.1. The molecule has 0 aliphatic carbocycles. The normalized spacial score (nSPS) is 12.0. The minimum atomic E-state index is 0.924. The molecule has 9 rings (SSSR count). The van der Waals surface area contributed by atoms with Crippen LogP contribution in [0.25, 0.3) is 89.2 Å². The van der Waals surface area contributed by atoms with Crippen LogP contribution in [0.15, 0.2) is 146 Å². The lowest BCUT2D eigenvalue weighted by molar-refractivity contribution is 1.32. The van der Waals surface area contributed by atoms with E-state index in [9.17, 15) is 0 Å². The predicted octanol–water partition coefficient (Wildman–Crippen LogP) is 12.1. The lowest BCUT2D eigenvalue weighted by Gasteiger charge is -2.06. The van der Waals surface area contributed by atoms with Gasteiger partial charge in [-0.3, -0.25) is 0 Å². The van der Waals surface area contributed by atoms with E-state index in [0.29, 0.717) is 0 Å². The fraction of sp³-hybridized carbons (Fsp3) is 0. The minimum absolute atomic E-state index is 0.924. The van der Waals surface area contributed by atoms with Crippen molar-refractivity contribution in [1.82, 2.24) is 15.0 Å². The Bertz CT molecular complexity index is 2180. The molecule has 0 amide bonds. The first-order valence-electron chi connectivity index (χ1n) is 16.1. The van der Waals surface area contributed by atoms with Gasteiger partial charge in [0, 0.05) is 42.7 Å². The minimum Gasteiger partial charge on any atom is -0.354 e. The van der Waals surface area contributed by atoms with Crippen molar-refractivity contribution in [3.05, 3.63) is 168 Å². The fourth-order valence-electron chi connectivity index (χ4n) is 6.71. The Morgan fingerprint density at radius 3 is 1.00 bits per heavy atom. The number of hydrogen-bond donors (Lipinski definition) is 1. The molecule has 3 nitrogen and oxygen atoms in total. The third-order valence-corrected chi connectivity index (χ3v) is 10.00. The molecule has 3 aromatic heterocycles. The lowest BCUT2D eigenvalue weighted by Crippen LogP contribution is -1.88. The zero-order valence-corrected chi connectivity index (χ0v) is 26.8. The Balaban J connectivity index is 1.49. The van der Waals surface area contributed by atoms with Gasteiger partial charge in [-0.15, -0.1) is 11.3 Å². The molecule has 2 aliphatic rings. The number of hydrogen-bond acceptors (Lipinski definition) is 3. The Kier molecular flexibility index (Phi) is 6.99. The van der Waals surface area contributed by atoms with E-state index in [4.69, 9.17) is 9.97 Å². The van der Waals surface area contributed by atoms with Crippen LogP contribution in [0.4, 0.5) is 0 Å². The molecule has 48 heavy (non-hydrogen) atoms. The van der Waals surface area contributed by atoms with E-state index in [2.05, 4.69) is 175 Å². The van der Waals surface area contributed by atoms with Gasteiger partial charge in [0.1, 0.15) is 0 Å². The zero-order valence-electron chi connectivity index (χ0n) is 26.0. The Hall–Kier alpha value is -6.10. The summed E-state index contributed by atoms with van der Waals surface area (Å²) in [5.74, 6) is 0. The van der Waals surface area contributed by atoms with E-state index in [1.54, 1.807) is 11.3 Å². The number of aromatic nitrogens is 3. The smallest absolute Gasteiger partial charge is 0.0737 e. The molecule has 226 valence electrons. The molecule has 5 heterocycles. The highest BCUT2D eigenvalue weighted by molar-refractivity contribution is 7.24. The van der Waals surface area contributed by atoms with Crippen molar-refractivity contribution >= 4 is 56.1 Å². The van der Waals surface area contributed by atoms with E-state index in [-0.39, 0.29) is 0 Å². The average Bonchev–Trinajstić information content (AvgIpc) is 3.98. The first-order valence-corrected chi connectivity index (χ1v) is 16.9. The summed E-state index contributed by atoms with van der Waals surface area (Å²) >= 11 is 1.79. The van der Waals surface area contributed by atoms with Crippen molar-refractivity contribution in [2.75, 3.05) is 0 Å². The molecule has 4 heteroatoms. The Morgan fingerprint density at radius 2 is 0.646 bits per heavy atom. The van der Waals surface area contributed by atoms with Gasteiger partial charge in [-0.25, -0.2) is 9.97 Å². The number of benzene rings is 4. The first-order chi connectivity index (χ1) is 23.8. The molecule has 2 aliphatic heterocycles. The highest BCUT2D eigenvalue weighted by Crippen LogP contribution is 2.41. The molecule has 0 spiro atoms. The van der Waals surface area contributed by atoms with Crippen LogP contribution in [0, 0.1) is 0 Å². The molecule has 7 aromatic rings. The van der Waals surface area contributed by atoms with Gasteiger partial charge in [0.25, 0.3) is 0 Å². The summed E-state index contributed by atoms with van der Waals surface area (Å²) in [6.07, 6.45) is 8.63. The summed E-state index contributed by atoms with van der Waals surface area (Å²) in [7, 11) is 0. The SMILES string of the molecule is C1=Cc2nc1c(-c1ccccc1)c1ccc([nH]1)c(-c1ccccc1)c1nc(c(-c3ccccc3)c3ccc(s3)c2-c2ccccc2)C=C1. The Morgan fingerprint density at radius 1 is 0.333 bits per heavy atom. The average molecular weight is 632 g/mol. The number of thiophene rings is 1. The van der Waals surface area contributed by atoms with Crippen LogP contribution in [0.3, 0.4) is 0 Å². The van der Waals surface area contributed by atoms with Gasteiger partial charge < -0.3 is 4.98 Å². The van der Waals surface area contributed by atoms with Gasteiger partial charge in [-0.2, -0.15) is 0 Å². The summed E-state index contributed by atoms with van der Waals surface area (Å²) in [5.41, 5.74) is 14.6. The molecule has 0 saturated carbocycles. The molecule has 0 fully saturated rings. The van der Waals surface area contributed by atoms with Crippen molar-refractivity contribution in [3.8, 4) is 44.5 Å². The van der Waals surface area contributed by atoms with Gasteiger partial charge in [0.05, 0.1) is 22.8 Å². The first kappa shape index (κ1) is 28.1. The molecule has 0 saturated heterocycles. The fourth-order valence-corrected chi connectivity index (χ4v) is 7.87. The van der Waals surface area contributed by atoms with E-state index in [1.807, 2.05) is 0 Å². The topological polar surface area (TPSA) is 41.6 Å². The predicted molar refractivity (Wildman–Crippen MR) is 204 cm³/mol. The molecular weight excluding hydrogens is 603 g/mol. The van der Waals surface area contributed by atoms with Gasteiger partial charge in [-0.1, -0.05) is 121 Å². The number of fused-ring (bicyclic) bond motifs is 8. The van der Waals surface area contributed by atoms with Crippen molar-refractivity contribution in [2.45, 2.75) is 0 Å². The molecule has 4 aromatic carbocycles. The van der Waals surface area contributed by atoms with Crippen molar-refractivity contribution in [1.29, 1.82) is 0 Å². The van der Waals surface area contributed by atoms with Crippen molar-refractivity contribution < 1.29 is 0 Å². The summed E-state index contributed by atoms with van der Waals surface area (Å²) < 4.78 is 2.32. The summed E-state index contributed by atoms with van der Waals surface area (Å²) in [5, 5.41) is 0. The third-order valence-electron chi connectivity index (χ3n) is 8.88. The monoisotopic (exact) mass is 631 g/mol. The van der Waals surface area contributed by atoms with Gasteiger partial charge in [0.15, 0.2) is 0 Å². The zero-order chi connectivity index (χ0) is 31.9. The van der Waals surface area contributed by atoms with E-state index in [1.165, 1.54) is 0 Å². The molecule has 1 N–H and O–H groups in total. The molecule has 0 radical (unpaired) electrons. The summed E-state index contributed by atoms with van der Waals surface area (Å²) in [6.45, 7) is 0. The van der Waals surface area contributed by atoms with Gasteiger partial charge >= 0.3 is 0 Å². The molecular formula is C44H29N3S. The van der Waals surface area contributed by atoms with E-state index < -0.39 is 0 Å². The number of H-pyrrole nitrogens is 1. The van der Waals surface area contributed by atoms with Crippen LogP contribution >= 0.6 is 11.3 Å². The largest absolute Gasteiger partial charge is 0.354 e. The quantitative estimate of drug-likeness (QED) is 0.210. The molecule has 0 unspecified atom stereocenters. The van der Waals surface area contributed by atoms with Crippen LogP contribution in [0.2, 0.25) is 0 Å². The number of nitrogens with one attached hydrogen (secondary N) is 1. The van der Waals surface area contributed by atoms with Crippen LogP contribution in [-0.4, -0.2) is 15.0 Å². The maximum atomic E-state index is 5.38. The second-order valence-corrected chi connectivity index (χ2v) is 12.9. The third kappa shape index (κ3) is 5.00. The van der Waals surface area contributed by atoms with Crippen LogP contribution in [0.5, 0.6) is 0 Å². The Labute approximate surface area is 282 Å². The van der Waals surface area contributed by atoms with Crippen molar-refractivity contribution in [2.24, 2.45) is 0 Å². The van der Waals surface area contributed by atoms with Crippen LogP contribution in [-0.2, 0) is 0 Å². The lowest BCUT2D eigenvalue weighted by atomic mass is 10.0. The highest BCUT2D eigenvalue weighted by Gasteiger charge is 2.18. The van der Waals surface area contributed by atoms with E-state index >= 15 is 0 Å². The van der Waals surface area contributed by atoms with Crippen LogP contribution in [0.1, 0.15) is 22.8 Å². The molecule has 8 bridgehead atoms. The number of nitrogens with zero attached hydrogens (tertiary/aromatic N) is 2. The standard InChI is InChI=1S/C44H29N3S/c1-5-13-29(14-6-1)41-33-21-22-34(45-33)42(30-15-7-2-8-16-30)36-24-26-38(47-36)44(32-19-11-4-12-20-32)40-28-27-39(48-40)43(31-17-9-3-10-18-31)37-25-23-35(41)46-37/h1-28,45H. The number of rotatable bonds is 4. The summed E-state index contributed by atoms with van der Waals surface area (Å²) in [6, 6.07) is 51.1. The van der Waals surface area contributed by atoms with Crippen molar-refractivity contribution in [3.63, 3.8) is 0 Å². The number of aromatic amines is 1. The van der Waals surface area contributed by atoms with E-state index in [0.717, 1.165) is 87.7 Å². The van der Waals surface area contributed by atoms with Gasteiger partial charge in [0.2, 0.25) is 0 Å². The second kappa shape index (κ2) is 11.9. The molecule has 0 atom stereocenters. The maximum Gasteiger partial charge on any atom is 0.0737 e. The van der Waals surface area contributed by atoms with Gasteiger partial charge in [-0.05, 0) is 70.8 Å².